The third-order valence-corrected chi connectivity index (χ3v) is 2.99. The first-order chi connectivity index (χ1) is 8.16. The van der Waals surface area contributed by atoms with Crippen molar-refractivity contribution in [2.75, 3.05) is 0 Å². The summed E-state index contributed by atoms with van der Waals surface area (Å²) in [6.07, 6.45) is 5.99. The summed E-state index contributed by atoms with van der Waals surface area (Å²) in [5, 5.41) is 12.3. The maximum atomic E-state index is 11.0. The average Bonchev–Trinajstić information content (AvgIpc) is 2.65. The monoisotopic (exact) mass is 226 g/mol. The van der Waals surface area contributed by atoms with Gasteiger partial charge in [-0.2, -0.15) is 0 Å². The van der Waals surface area contributed by atoms with E-state index in [1.165, 1.54) is 6.07 Å². The molecule has 0 fully saturated rings. The number of nitro benzene ring substituents is 1. The molecule has 1 atom stereocenters. The molecule has 3 rings (SSSR count). The number of hydrogen-bond donors (Lipinski definition) is 0. The van der Waals surface area contributed by atoms with Crippen LogP contribution in [0, 0.1) is 16.0 Å². The summed E-state index contributed by atoms with van der Waals surface area (Å²) in [4.78, 5) is 15.1. The first kappa shape index (κ1) is 9.96. The van der Waals surface area contributed by atoms with Gasteiger partial charge in [-0.05, 0) is 12.0 Å². The van der Waals surface area contributed by atoms with E-state index in [1.807, 2.05) is 24.3 Å². The lowest BCUT2D eigenvalue weighted by molar-refractivity contribution is -0.386. The van der Waals surface area contributed by atoms with Gasteiger partial charge in [-0.15, -0.1) is 0 Å². The Kier molecular flexibility index (Phi) is 1.98. The summed E-state index contributed by atoms with van der Waals surface area (Å²) >= 11 is 0. The normalized spacial score (nSPS) is 20.4. The fraction of sp³-hybridized carbons (Fsp3) is 0.154. The highest BCUT2D eigenvalue weighted by atomic mass is 16.6. The number of rotatable bonds is 1. The van der Waals surface area contributed by atoms with Crippen LogP contribution in [-0.2, 0) is 0 Å². The molecular weight excluding hydrogens is 216 g/mol. The van der Waals surface area contributed by atoms with E-state index in [4.69, 9.17) is 0 Å². The fourth-order valence-electron chi connectivity index (χ4n) is 2.22. The Labute approximate surface area is 97.5 Å². The van der Waals surface area contributed by atoms with Crippen LogP contribution in [0.25, 0.3) is 5.57 Å². The smallest absolute Gasteiger partial charge is 0.258 e. The van der Waals surface area contributed by atoms with Gasteiger partial charge in [0.25, 0.3) is 5.69 Å². The van der Waals surface area contributed by atoms with E-state index in [9.17, 15) is 10.1 Å². The van der Waals surface area contributed by atoms with Crippen molar-refractivity contribution in [3.63, 3.8) is 0 Å². The molecule has 0 N–H and O–H groups in total. The van der Waals surface area contributed by atoms with Crippen molar-refractivity contribution in [2.24, 2.45) is 10.9 Å². The van der Waals surface area contributed by atoms with Crippen molar-refractivity contribution in [2.45, 2.75) is 6.92 Å². The van der Waals surface area contributed by atoms with Gasteiger partial charge in [0.15, 0.2) is 0 Å². The second-order valence-electron chi connectivity index (χ2n) is 4.22. The lowest BCUT2D eigenvalue weighted by Crippen LogP contribution is -2.25. The SMILES string of the molecule is CC1C=CC2=c3c([N+](=O)[O-])cccc3=NC2=C1. The first-order valence-corrected chi connectivity index (χ1v) is 5.43. The molecule has 1 aliphatic heterocycles. The second-order valence-corrected chi connectivity index (χ2v) is 4.22. The zero-order valence-electron chi connectivity index (χ0n) is 9.25. The van der Waals surface area contributed by atoms with Gasteiger partial charge >= 0.3 is 0 Å². The lowest BCUT2D eigenvalue weighted by Gasteiger charge is -2.08. The van der Waals surface area contributed by atoms with Crippen LogP contribution in [0.4, 0.5) is 5.69 Å². The maximum absolute atomic E-state index is 11.0. The van der Waals surface area contributed by atoms with Crippen LogP contribution in [0.15, 0.2) is 47.1 Å². The molecule has 0 saturated carbocycles. The zero-order valence-corrected chi connectivity index (χ0v) is 9.25. The molecule has 1 aliphatic carbocycles. The van der Waals surface area contributed by atoms with Gasteiger partial charge in [-0.3, -0.25) is 10.1 Å². The predicted molar refractivity (Wildman–Crippen MR) is 63.7 cm³/mol. The third kappa shape index (κ3) is 1.41. The van der Waals surface area contributed by atoms with E-state index in [0.717, 1.165) is 11.3 Å². The van der Waals surface area contributed by atoms with Crippen LogP contribution in [0.2, 0.25) is 0 Å². The lowest BCUT2D eigenvalue weighted by atomic mass is 9.98. The summed E-state index contributed by atoms with van der Waals surface area (Å²) in [5.74, 6) is 0.325. The molecule has 4 heteroatoms. The Hall–Kier alpha value is -2.23. The number of fused-ring (bicyclic) bond motifs is 2. The fourth-order valence-corrected chi connectivity index (χ4v) is 2.22. The summed E-state index contributed by atoms with van der Waals surface area (Å²) in [6.45, 7) is 2.06. The average molecular weight is 226 g/mol. The van der Waals surface area contributed by atoms with Crippen LogP contribution in [-0.4, -0.2) is 4.92 Å². The Balaban J connectivity index is 2.43. The van der Waals surface area contributed by atoms with Crippen LogP contribution in [0.3, 0.4) is 0 Å². The van der Waals surface area contributed by atoms with E-state index >= 15 is 0 Å². The van der Waals surface area contributed by atoms with E-state index in [2.05, 4.69) is 11.9 Å². The van der Waals surface area contributed by atoms with Gasteiger partial charge in [-0.25, -0.2) is 4.99 Å². The van der Waals surface area contributed by atoms with Crippen molar-refractivity contribution in [1.82, 2.24) is 0 Å². The van der Waals surface area contributed by atoms with Crippen molar-refractivity contribution in [1.29, 1.82) is 0 Å². The molecule has 2 aliphatic rings. The Morgan fingerprint density at radius 1 is 1.41 bits per heavy atom. The predicted octanol–water partition coefficient (Wildman–Crippen LogP) is 1.47. The number of allylic oxidation sites excluding steroid dienone is 3. The first-order valence-electron chi connectivity index (χ1n) is 5.43. The van der Waals surface area contributed by atoms with Gasteiger partial charge in [0.1, 0.15) is 0 Å². The van der Waals surface area contributed by atoms with E-state index < -0.39 is 0 Å². The molecule has 0 bridgehead atoms. The Bertz CT molecular complexity index is 699. The summed E-state index contributed by atoms with van der Waals surface area (Å²) < 4.78 is 0. The minimum atomic E-state index is -0.351. The highest BCUT2D eigenvalue weighted by molar-refractivity contribution is 5.77. The van der Waals surface area contributed by atoms with Crippen LogP contribution in [0.1, 0.15) is 6.92 Å². The second kappa shape index (κ2) is 3.38. The quantitative estimate of drug-likeness (QED) is 0.537. The number of non-ortho nitro benzene ring substituents is 1. The van der Waals surface area contributed by atoms with Crippen LogP contribution in [0.5, 0.6) is 0 Å². The topological polar surface area (TPSA) is 55.5 Å². The molecule has 1 aromatic rings. The van der Waals surface area contributed by atoms with E-state index in [1.54, 1.807) is 6.07 Å². The van der Waals surface area contributed by atoms with Gasteiger partial charge in [0.2, 0.25) is 0 Å². The third-order valence-electron chi connectivity index (χ3n) is 2.99. The highest BCUT2D eigenvalue weighted by Crippen LogP contribution is 2.24. The number of nitrogens with zero attached hydrogens (tertiary/aromatic N) is 2. The Morgan fingerprint density at radius 3 is 3.00 bits per heavy atom. The zero-order chi connectivity index (χ0) is 12.0. The molecule has 1 heterocycles. The van der Waals surface area contributed by atoms with E-state index in [0.29, 0.717) is 16.5 Å². The van der Waals surface area contributed by atoms with Gasteiger partial charge in [0, 0.05) is 11.6 Å². The number of nitro groups is 1. The van der Waals surface area contributed by atoms with Gasteiger partial charge < -0.3 is 0 Å². The van der Waals surface area contributed by atoms with Crippen molar-refractivity contribution < 1.29 is 4.92 Å². The number of hydrogen-bond acceptors (Lipinski definition) is 3. The molecule has 0 saturated heterocycles. The summed E-state index contributed by atoms with van der Waals surface area (Å²) in [7, 11) is 0. The maximum Gasteiger partial charge on any atom is 0.279 e. The summed E-state index contributed by atoms with van der Waals surface area (Å²) in [6, 6.07) is 5.01. The van der Waals surface area contributed by atoms with Crippen LogP contribution >= 0.6 is 0 Å². The molecule has 1 unspecified atom stereocenters. The molecule has 4 nitrogen and oxygen atoms in total. The minimum absolute atomic E-state index is 0.129. The Morgan fingerprint density at radius 2 is 2.24 bits per heavy atom. The molecule has 0 amide bonds. The summed E-state index contributed by atoms with van der Waals surface area (Å²) in [5.41, 5.74) is 1.85. The standard InChI is InChI=1S/C13H10N2O2/c1-8-5-6-9-11(7-8)14-10-3-2-4-12(13(9)10)15(16)17/h2-8H,1H3. The van der Waals surface area contributed by atoms with E-state index in [-0.39, 0.29) is 10.6 Å². The van der Waals surface area contributed by atoms with Crippen LogP contribution < -0.4 is 10.6 Å². The molecule has 0 spiro atoms. The van der Waals surface area contributed by atoms with Crippen molar-refractivity contribution in [3.05, 3.63) is 62.8 Å². The molecular formula is C13H10N2O2. The molecule has 17 heavy (non-hydrogen) atoms. The minimum Gasteiger partial charge on any atom is -0.258 e. The van der Waals surface area contributed by atoms with Gasteiger partial charge in [0.05, 0.1) is 21.2 Å². The molecule has 1 aromatic carbocycles. The van der Waals surface area contributed by atoms with Crippen molar-refractivity contribution >= 4 is 11.3 Å². The molecule has 0 aromatic heterocycles. The van der Waals surface area contributed by atoms with Crippen molar-refractivity contribution in [3.8, 4) is 0 Å². The molecule has 0 radical (unpaired) electrons. The van der Waals surface area contributed by atoms with Gasteiger partial charge in [-0.1, -0.05) is 31.2 Å². The largest absolute Gasteiger partial charge is 0.279 e. The number of benzene rings is 1. The molecule has 84 valence electrons. The highest BCUT2D eigenvalue weighted by Gasteiger charge is 2.21.